The molecule has 16 heavy (non-hydrogen) atoms. The lowest BCUT2D eigenvalue weighted by atomic mass is 10.3. The van der Waals surface area contributed by atoms with Crippen LogP contribution in [-0.4, -0.2) is 32.3 Å². The van der Waals surface area contributed by atoms with Crippen LogP contribution >= 0.6 is 11.3 Å². The van der Waals surface area contributed by atoms with Crippen molar-refractivity contribution in [2.75, 3.05) is 20.3 Å². The highest BCUT2D eigenvalue weighted by Crippen LogP contribution is 2.24. The summed E-state index contributed by atoms with van der Waals surface area (Å²) in [5, 5.41) is 3.23. The van der Waals surface area contributed by atoms with Crippen molar-refractivity contribution in [2.24, 2.45) is 0 Å². The first-order valence-electron chi connectivity index (χ1n) is 4.62. The number of methoxy groups -OCH3 is 1. The van der Waals surface area contributed by atoms with Crippen LogP contribution in [-0.2, 0) is 14.3 Å². The van der Waals surface area contributed by atoms with Gasteiger partial charge in [0.15, 0.2) is 6.61 Å². The Morgan fingerprint density at radius 1 is 1.38 bits per heavy atom. The number of carbonyl (C=O) groups is 2. The minimum Gasteiger partial charge on any atom is -0.480 e. The highest BCUT2D eigenvalue weighted by Gasteiger charge is 2.15. The van der Waals surface area contributed by atoms with Gasteiger partial charge in [-0.05, 0) is 6.92 Å². The first-order valence-corrected chi connectivity index (χ1v) is 5.56. The van der Waals surface area contributed by atoms with Gasteiger partial charge in [-0.15, -0.1) is 11.3 Å². The van der Waals surface area contributed by atoms with E-state index in [1.807, 2.05) is 0 Å². The largest absolute Gasteiger partial charge is 0.480 e. The molecule has 0 fully saturated rings. The molecule has 0 aliphatic heterocycles. The third-order valence-corrected chi connectivity index (χ3v) is 2.40. The van der Waals surface area contributed by atoms with Gasteiger partial charge in [0, 0.05) is 10.8 Å². The molecule has 88 valence electrons. The van der Waals surface area contributed by atoms with Crippen molar-refractivity contribution in [1.82, 2.24) is 0 Å². The lowest BCUT2D eigenvalue weighted by Gasteiger charge is -2.05. The molecule has 0 aliphatic rings. The molecule has 0 saturated carbocycles. The molecule has 0 unspecified atom stereocenters. The van der Waals surface area contributed by atoms with Crippen LogP contribution in [0, 0.1) is 0 Å². The van der Waals surface area contributed by atoms with E-state index in [1.165, 1.54) is 18.4 Å². The molecular weight excluding hydrogens is 232 g/mol. The summed E-state index contributed by atoms with van der Waals surface area (Å²) < 4.78 is 14.4. The van der Waals surface area contributed by atoms with Crippen LogP contribution in [0.2, 0.25) is 0 Å². The number of ether oxygens (including phenoxy) is 3. The number of thiophene rings is 1. The maximum Gasteiger partial charge on any atom is 0.344 e. The summed E-state index contributed by atoms with van der Waals surface area (Å²) in [5.41, 5.74) is 0.316. The maximum absolute atomic E-state index is 11.3. The van der Waals surface area contributed by atoms with Crippen LogP contribution in [0.5, 0.6) is 5.75 Å². The lowest BCUT2D eigenvalue weighted by molar-refractivity contribution is -0.145. The molecule has 0 amide bonds. The smallest absolute Gasteiger partial charge is 0.344 e. The molecule has 0 N–H and O–H groups in total. The summed E-state index contributed by atoms with van der Waals surface area (Å²) in [6, 6.07) is 0. The van der Waals surface area contributed by atoms with Gasteiger partial charge < -0.3 is 14.2 Å². The predicted octanol–water partition coefficient (Wildman–Crippen LogP) is 1.48. The molecule has 0 atom stereocenters. The van der Waals surface area contributed by atoms with E-state index in [1.54, 1.807) is 17.7 Å². The average molecular weight is 244 g/mol. The van der Waals surface area contributed by atoms with E-state index in [0.717, 1.165) is 0 Å². The van der Waals surface area contributed by atoms with Crippen LogP contribution < -0.4 is 4.74 Å². The van der Waals surface area contributed by atoms with E-state index in [4.69, 9.17) is 9.47 Å². The average Bonchev–Trinajstić information content (AvgIpc) is 2.74. The Bertz CT molecular complexity index is 371. The zero-order valence-electron chi connectivity index (χ0n) is 9.02. The van der Waals surface area contributed by atoms with Crippen molar-refractivity contribution in [3.63, 3.8) is 0 Å². The number of hydrogen-bond acceptors (Lipinski definition) is 6. The van der Waals surface area contributed by atoms with Crippen molar-refractivity contribution < 1.29 is 23.8 Å². The monoisotopic (exact) mass is 244 g/mol. The highest BCUT2D eigenvalue weighted by atomic mass is 32.1. The molecule has 5 nitrogen and oxygen atoms in total. The number of carbonyl (C=O) groups excluding carboxylic acids is 2. The van der Waals surface area contributed by atoms with Gasteiger partial charge in [-0.25, -0.2) is 9.59 Å². The first kappa shape index (κ1) is 12.5. The summed E-state index contributed by atoms with van der Waals surface area (Å²) in [6.45, 7) is 1.80. The lowest BCUT2D eigenvalue weighted by Crippen LogP contribution is -2.15. The molecule has 1 heterocycles. The number of rotatable bonds is 5. The van der Waals surface area contributed by atoms with Gasteiger partial charge in [0.1, 0.15) is 11.3 Å². The quantitative estimate of drug-likeness (QED) is 0.734. The molecule has 0 aliphatic carbocycles. The fourth-order valence-electron chi connectivity index (χ4n) is 0.995. The van der Waals surface area contributed by atoms with Crippen LogP contribution in [0.25, 0.3) is 0 Å². The fraction of sp³-hybridized carbons (Fsp3) is 0.400. The van der Waals surface area contributed by atoms with Gasteiger partial charge in [-0.3, -0.25) is 0 Å². The number of esters is 2. The molecule has 1 aromatic heterocycles. The first-order chi connectivity index (χ1) is 7.69. The van der Waals surface area contributed by atoms with E-state index in [9.17, 15) is 9.59 Å². The summed E-state index contributed by atoms with van der Waals surface area (Å²) in [7, 11) is 1.29. The summed E-state index contributed by atoms with van der Waals surface area (Å²) in [6.07, 6.45) is 0. The Kier molecular flexibility index (Phi) is 4.78. The van der Waals surface area contributed by atoms with Gasteiger partial charge in [0.05, 0.1) is 13.7 Å². The number of hydrogen-bond donors (Lipinski definition) is 0. The minimum absolute atomic E-state index is 0.214. The van der Waals surface area contributed by atoms with Crippen LogP contribution in [0.1, 0.15) is 17.3 Å². The van der Waals surface area contributed by atoms with E-state index >= 15 is 0 Å². The Balaban J connectivity index is 2.57. The molecule has 0 aromatic carbocycles. The summed E-state index contributed by atoms with van der Waals surface area (Å²) in [5.74, 6) is -0.616. The third-order valence-electron chi connectivity index (χ3n) is 1.68. The third kappa shape index (κ3) is 3.23. The summed E-state index contributed by atoms with van der Waals surface area (Å²) >= 11 is 1.30. The van der Waals surface area contributed by atoms with Gasteiger partial charge in [0.25, 0.3) is 0 Å². The second kappa shape index (κ2) is 6.12. The maximum atomic E-state index is 11.3. The molecule has 6 heteroatoms. The second-order valence-corrected chi connectivity index (χ2v) is 3.48. The van der Waals surface area contributed by atoms with Gasteiger partial charge >= 0.3 is 11.9 Å². The Morgan fingerprint density at radius 2 is 2.12 bits per heavy atom. The fourth-order valence-corrected chi connectivity index (χ4v) is 1.73. The predicted molar refractivity (Wildman–Crippen MR) is 57.8 cm³/mol. The van der Waals surface area contributed by atoms with E-state index in [2.05, 4.69) is 4.74 Å². The standard InChI is InChI=1S/C10H12O5S/c1-3-14-9(11)4-15-8-6-16-5-7(8)10(12)13-2/h5-6H,3-4H2,1-2H3. The Labute approximate surface area is 96.9 Å². The van der Waals surface area contributed by atoms with Crippen molar-refractivity contribution in [2.45, 2.75) is 6.92 Å². The zero-order valence-corrected chi connectivity index (χ0v) is 9.83. The molecule has 0 spiro atoms. The molecule has 0 saturated heterocycles. The SMILES string of the molecule is CCOC(=O)COc1cscc1C(=O)OC. The van der Waals surface area contributed by atoms with E-state index in [-0.39, 0.29) is 6.61 Å². The van der Waals surface area contributed by atoms with Crippen LogP contribution in [0.4, 0.5) is 0 Å². The van der Waals surface area contributed by atoms with Gasteiger partial charge in [0.2, 0.25) is 0 Å². The molecule has 0 bridgehead atoms. The molecular formula is C10H12O5S. The van der Waals surface area contributed by atoms with Crippen molar-refractivity contribution >= 4 is 23.3 Å². The normalized spacial score (nSPS) is 9.62. The van der Waals surface area contributed by atoms with Crippen LogP contribution in [0.3, 0.4) is 0 Å². The van der Waals surface area contributed by atoms with Gasteiger partial charge in [-0.2, -0.15) is 0 Å². The Morgan fingerprint density at radius 3 is 2.75 bits per heavy atom. The minimum atomic E-state index is -0.486. The van der Waals surface area contributed by atoms with E-state index in [0.29, 0.717) is 17.9 Å². The molecule has 1 rings (SSSR count). The topological polar surface area (TPSA) is 61.8 Å². The molecule has 1 aromatic rings. The van der Waals surface area contributed by atoms with Crippen molar-refractivity contribution in [3.05, 3.63) is 16.3 Å². The summed E-state index contributed by atoms with van der Waals surface area (Å²) in [4.78, 5) is 22.3. The second-order valence-electron chi connectivity index (χ2n) is 2.73. The van der Waals surface area contributed by atoms with Crippen molar-refractivity contribution in [1.29, 1.82) is 0 Å². The zero-order chi connectivity index (χ0) is 12.0. The Hall–Kier alpha value is -1.56. The van der Waals surface area contributed by atoms with E-state index < -0.39 is 11.9 Å². The van der Waals surface area contributed by atoms with Crippen molar-refractivity contribution in [3.8, 4) is 5.75 Å². The van der Waals surface area contributed by atoms with Crippen LogP contribution in [0.15, 0.2) is 10.8 Å². The molecule has 0 radical (unpaired) electrons. The van der Waals surface area contributed by atoms with Gasteiger partial charge in [-0.1, -0.05) is 0 Å². The highest BCUT2D eigenvalue weighted by molar-refractivity contribution is 7.08.